The molecule has 2 aliphatic heterocycles. The maximum absolute atomic E-state index is 13.0. The van der Waals surface area contributed by atoms with Crippen molar-refractivity contribution in [1.82, 2.24) is 19.7 Å². The fourth-order valence-electron chi connectivity index (χ4n) is 4.77. The molecule has 192 valence electrons. The number of hydrogen-bond acceptors (Lipinski definition) is 8. The summed E-state index contributed by atoms with van der Waals surface area (Å²) in [6.07, 6.45) is 4.32. The van der Waals surface area contributed by atoms with Crippen LogP contribution in [0.5, 0.6) is 5.75 Å². The summed E-state index contributed by atoms with van der Waals surface area (Å²) in [7, 11) is 1.67. The van der Waals surface area contributed by atoms with Crippen LogP contribution in [0.2, 0.25) is 0 Å². The average molecular weight is 486 g/mol. The summed E-state index contributed by atoms with van der Waals surface area (Å²) in [5.41, 5.74) is 1.49. The zero-order valence-corrected chi connectivity index (χ0v) is 21.1. The Labute approximate surface area is 208 Å². The van der Waals surface area contributed by atoms with Crippen LogP contribution in [-0.2, 0) is 6.54 Å². The number of amides is 1. The lowest BCUT2D eigenvalue weighted by Gasteiger charge is -2.35. The number of anilines is 1. The number of ether oxygens (including phenoxy) is 1. The van der Waals surface area contributed by atoms with E-state index in [2.05, 4.69) is 32.7 Å². The summed E-state index contributed by atoms with van der Waals surface area (Å²) in [6, 6.07) is 8.01. The van der Waals surface area contributed by atoms with Crippen molar-refractivity contribution in [2.24, 2.45) is 0 Å². The second-order valence-corrected chi connectivity index (χ2v) is 9.48. The SMILES string of the molecule is CCCC[C@H](O)CN1CCN(Cc2nc(C(=O)N3CCN(c4cccc(OC)c4)CC3)co2)CC1. The number of unbranched alkanes of at least 4 members (excludes halogenated alkanes) is 1. The van der Waals surface area contributed by atoms with E-state index in [1.54, 1.807) is 7.11 Å². The van der Waals surface area contributed by atoms with Gasteiger partial charge in [-0.1, -0.05) is 25.8 Å². The van der Waals surface area contributed by atoms with Gasteiger partial charge in [0.05, 0.1) is 19.8 Å². The van der Waals surface area contributed by atoms with Gasteiger partial charge in [-0.3, -0.25) is 14.6 Å². The third kappa shape index (κ3) is 6.96. The lowest BCUT2D eigenvalue weighted by atomic mass is 10.1. The monoisotopic (exact) mass is 485 g/mol. The van der Waals surface area contributed by atoms with Gasteiger partial charge >= 0.3 is 0 Å². The Morgan fingerprint density at radius 3 is 2.57 bits per heavy atom. The molecule has 35 heavy (non-hydrogen) atoms. The number of methoxy groups -OCH3 is 1. The Bertz CT molecular complexity index is 935. The van der Waals surface area contributed by atoms with E-state index < -0.39 is 0 Å². The predicted octanol–water partition coefficient (Wildman–Crippen LogP) is 2.31. The number of nitrogens with zero attached hydrogens (tertiary/aromatic N) is 5. The second-order valence-electron chi connectivity index (χ2n) is 9.48. The number of benzene rings is 1. The van der Waals surface area contributed by atoms with E-state index in [1.165, 1.54) is 6.26 Å². The molecule has 9 nitrogen and oxygen atoms in total. The zero-order valence-electron chi connectivity index (χ0n) is 21.1. The van der Waals surface area contributed by atoms with Gasteiger partial charge in [-0.05, 0) is 18.6 Å². The number of piperazine rings is 2. The number of aliphatic hydroxyl groups excluding tert-OH is 1. The van der Waals surface area contributed by atoms with Crippen LogP contribution in [0.25, 0.3) is 0 Å². The van der Waals surface area contributed by atoms with Gasteiger partial charge in [-0.2, -0.15) is 0 Å². The lowest BCUT2D eigenvalue weighted by Crippen LogP contribution is -2.49. The largest absolute Gasteiger partial charge is 0.497 e. The van der Waals surface area contributed by atoms with Crippen molar-refractivity contribution >= 4 is 11.6 Å². The summed E-state index contributed by atoms with van der Waals surface area (Å²) in [5.74, 6) is 1.35. The van der Waals surface area contributed by atoms with Gasteiger partial charge in [-0.15, -0.1) is 0 Å². The summed E-state index contributed by atoms with van der Waals surface area (Å²) >= 11 is 0. The predicted molar refractivity (Wildman–Crippen MR) is 135 cm³/mol. The first-order valence-corrected chi connectivity index (χ1v) is 12.8. The molecule has 1 aromatic carbocycles. The molecule has 0 spiro atoms. The molecule has 2 aromatic rings. The molecule has 4 rings (SSSR count). The van der Waals surface area contributed by atoms with Crippen molar-refractivity contribution in [2.45, 2.75) is 38.8 Å². The standard InChI is InChI=1S/C26H39N5O4/c1-3-4-7-22(32)18-28-9-11-29(12-10-28)19-25-27-24(20-35-25)26(33)31-15-13-30(14-16-31)21-6-5-8-23(17-21)34-2/h5-6,8,17,20,22,32H,3-4,7,9-16,18-19H2,1-2H3/t22-/m0/s1. The fourth-order valence-corrected chi connectivity index (χ4v) is 4.77. The van der Waals surface area contributed by atoms with E-state index in [4.69, 9.17) is 9.15 Å². The van der Waals surface area contributed by atoms with Gasteiger partial charge in [-0.25, -0.2) is 4.98 Å². The minimum absolute atomic E-state index is 0.0730. The number of carbonyl (C=O) groups excluding carboxylic acids is 1. The molecule has 1 aromatic heterocycles. The van der Waals surface area contributed by atoms with Crippen molar-refractivity contribution in [3.05, 3.63) is 42.1 Å². The maximum Gasteiger partial charge on any atom is 0.275 e. The Balaban J connectivity index is 1.21. The van der Waals surface area contributed by atoms with Crippen LogP contribution < -0.4 is 9.64 Å². The highest BCUT2D eigenvalue weighted by Gasteiger charge is 2.26. The van der Waals surface area contributed by atoms with Crippen LogP contribution in [0.3, 0.4) is 0 Å². The third-order valence-electron chi connectivity index (χ3n) is 6.94. The van der Waals surface area contributed by atoms with E-state index in [9.17, 15) is 9.90 Å². The molecule has 0 saturated carbocycles. The highest BCUT2D eigenvalue weighted by atomic mass is 16.5. The molecule has 0 unspecified atom stereocenters. The molecule has 9 heteroatoms. The number of aromatic nitrogens is 1. The summed E-state index contributed by atoms with van der Waals surface area (Å²) in [6.45, 7) is 9.96. The molecular weight excluding hydrogens is 446 g/mol. The Morgan fingerprint density at radius 1 is 1.11 bits per heavy atom. The Morgan fingerprint density at radius 2 is 1.86 bits per heavy atom. The van der Waals surface area contributed by atoms with Crippen LogP contribution in [0, 0.1) is 0 Å². The highest BCUT2D eigenvalue weighted by Crippen LogP contribution is 2.22. The number of β-amino-alcohol motifs (C(OH)–C–C–N with tert-alkyl or cyclic N) is 1. The minimum atomic E-state index is -0.237. The Hall–Kier alpha value is -2.62. The van der Waals surface area contributed by atoms with Crippen LogP contribution in [-0.4, -0.2) is 103 Å². The van der Waals surface area contributed by atoms with E-state index >= 15 is 0 Å². The molecule has 1 atom stereocenters. The molecule has 0 radical (unpaired) electrons. The first kappa shape index (κ1) is 25.5. The van der Waals surface area contributed by atoms with E-state index in [1.807, 2.05) is 23.1 Å². The zero-order chi connectivity index (χ0) is 24.6. The normalized spacial score (nSPS) is 18.6. The van der Waals surface area contributed by atoms with Gasteiger partial charge in [0.15, 0.2) is 5.69 Å². The molecule has 1 amide bonds. The molecule has 3 heterocycles. The quantitative estimate of drug-likeness (QED) is 0.549. The van der Waals surface area contributed by atoms with Gasteiger partial charge < -0.3 is 24.1 Å². The molecular formula is C26H39N5O4. The molecule has 0 bridgehead atoms. The Kier molecular flexibility index (Phi) is 9.01. The van der Waals surface area contributed by atoms with Crippen LogP contribution in [0.1, 0.15) is 42.6 Å². The van der Waals surface area contributed by atoms with Gasteiger partial charge in [0.25, 0.3) is 5.91 Å². The van der Waals surface area contributed by atoms with E-state index in [0.717, 1.165) is 76.5 Å². The second kappa shape index (κ2) is 12.4. The van der Waals surface area contributed by atoms with Crippen molar-refractivity contribution in [2.75, 3.05) is 70.9 Å². The van der Waals surface area contributed by atoms with E-state index in [0.29, 0.717) is 31.2 Å². The topological polar surface area (TPSA) is 85.5 Å². The molecule has 2 aliphatic rings. The number of hydrogen-bond donors (Lipinski definition) is 1. The van der Waals surface area contributed by atoms with Gasteiger partial charge in [0.1, 0.15) is 12.0 Å². The van der Waals surface area contributed by atoms with Crippen molar-refractivity contribution in [1.29, 1.82) is 0 Å². The number of aliphatic hydroxyl groups is 1. The average Bonchev–Trinajstić information content (AvgIpc) is 3.36. The maximum atomic E-state index is 13.0. The summed E-state index contributed by atoms with van der Waals surface area (Å²) < 4.78 is 11.0. The fraction of sp³-hybridized carbons (Fsp3) is 0.615. The summed E-state index contributed by atoms with van der Waals surface area (Å²) in [4.78, 5) is 26.2. The van der Waals surface area contributed by atoms with Crippen molar-refractivity contribution in [3.8, 4) is 5.75 Å². The smallest absolute Gasteiger partial charge is 0.275 e. The first-order valence-electron chi connectivity index (χ1n) is 12.8. The number of carbonyl (C=O) groups is 1. The highest BCUT2D eigenvalue weighted by molar-refractivity contribution is 5.92. The van der Waals surface area contributed by atoms with Crippen molar-refractivity contribution in [3.63, 3.8) is 0 Å². The van der Waals surface area contributed by atoms with Crippen molar-refractivity contribution < 1.29 is 19.1 Å². The van der Waals surface area contributed by atoms with Crippen LogP contribution >= 0.6 is 0 Å². The molecule has 1 N–H and O–H groups in total. The first-order chi connectivity index (χ1) is 17.1. The van der Waals surface area contributed by atoms with E-state index in [-0.39, 0.29) is 12.0 Å². The van der Waals surface area contributed by atoms with Gasteiger partial charge in [0.2, 0.25) is 5.89 Å². The number of rotatable bonds is 10. The molecule has 2 fully saturated rings. The third-order valence-corrected chi connectivity index (χ3v) is 6.94. The number of oxazole rings is 1. The molecule has 2 saturated heterocycles. The van der Waals surface area contributed by atoms with Gasteiger partial charge in [0, 0.05) is 70.7 Å². The summed E-state index contributed by atoms with van der Waals surface area (Å²) in [5, 5.41) is 10.2. The van der Waals surface area contributed by atoms with Crippen LogP contribution in [0.4, 0.5) is 5.69 Å². The minimum Gasteiger partial charge on any atom is -0.497 e. The van der Waals surface area contributed by atoms with Crippen LogP contribution in [0.15, 0.2) is 34.9 Å². The lowest BCUT2D eigenvalue weighted by molar-refractivity contribution is 0.0627. The molecule has 0 aliphatic carbocycles.